The highest BCUT2D eigenvalue weighted by molar-refractivity contribution is 7.92. The van der Waals surface area contributed by atoms with E-state index in [9.17, 15) is 13.2 Å². The Bertz CT molecular complexity index is 994. The molecule has 152 valence electrons. The first-order valence-electron chi connectivity index (χ1n) is 10.2. The van der Waals surface area contributed by atoms with Crippen LogP contribution >= 0.6 is 0 Å². The van der Waals surface area contributed by atoms with Gasteiger partial charge in [0.15, 0.2) is 0 Å². The number of fused-ring (bicyclic) bond motifs is 1. The van der Waals surface area contributed by atoms with Gasteiger partial charge in [-0.15, -0.1) is 0 Å². The van der Waals surface area contributed by atoms with Crippen LogP contribution in [0.2, 0.25) is 0 Å². The molecule has 5 nitrogen and oxygen atoms in total. The first-order valence-corrected chi connectivity index (χ1v) is 11.7. The largest absolute Gasteiger partial charge is 0.312 e. The minimum Gasteiger partial charge on any atom is -0.312 e. The highest BCUT2D eigenvalue weighted by Gasteiger charge is 2.33. The van der Waals surface area contributed by atoms with Crippen LogP contribution in [0.3, 0.4) is 0 Å². The Morgan fingerprint density at radius 1 is 0.931 bits per heavy atom. The molecule has 2 aromatic rings. The Hall–Kier alpha value is -2.44. The van der Waals surface area contributed by atoms with Crippen LogP contribution in [0, 0.1) is 5.92 Å². The summed E-state index contributed by atoms with van der Waals surface area (Å²) in [6.45, 7) is 1.51. The molecule has 29 heavy (non-hydrogen) atoms. The summed E-state index contributed by atoms with van der Waals surface area (Å²) in [5.74, 6) is 0.0136. The van der Waals surface area contributed by atoms with Gasteiger partial charge in [-0.25, -0.2) is 8.42 Å². The van der Waals surface area contributed by atoms with Crippen molar-refractivity contribution in [3.05, 3.63) is 71.1 Å². The molecule has 0 saturated carbocycles. The van der Waals surface area contributed by atoms with Crippen molar-refractivity contribution < 1.29 is 13.2 Å². The van der Waals surface area contributed by atoms with Gasteiger partial charge in [-0.2, -0.15) is 4.31 Å². The summed E-state index contributed by atoms with van der Waals surface area (Å²) in [6.07, 6.45) is 4.73. The van der Waals surface area contributed by atoms with E-state index < -0.39 is 10.0 Å². The monoisotopic (exact) mass is 410 g/mol. The molecule has 0 unspecified atom stereocenters. The van der Waals surface area contributed by atoms with Gasteiger partial charge in [0, 0.05) is 36.6 Å². The first-order chi connectivity index (χ1) is 14.0. The Balaban J connectivity index is 1.39. The third kappa shape index (κ3) is 4.43. The molecular weight excluding hydrogens is 384 g/mol. The third-order valence-electron chi connectivity index (χ3n) is 5.77. The lowest BCUT2D eigenvalue weighted by Crippen LogP contribution is -2.45. The summed E-state index contributed by atoms with van der Waals surface area (Å²) in [5.41, 5.74) is 3.09. The summed E-state index contributed by atoms with van der Waals surface area (Å²) in [7, 11) is -3.48. The van der Waals surface area contributed by atoms with Crippen LogP contribution in [0.5, 0.6) is 0 Å². The summed E-state index contributed by atoms with van der Waals surface area (Å²) in [4.78, 5) is 15.0. The average molecular weight is 411 g/mol. The number of hydrogen-bond acceptors (Lipinski definition) is 3. The molecule has 2 aliphatic rings. The number of rotatable bonds is 4. The molecule has 1 saturated heterocycles. The van der Waals surface area contributed by atoms with Crippen LogP contribution in [0.25, 0.3) is 6.08 Å². The maximum Gasteiger partial charge on any atom is 0.236 e. The van der Waals surface area contributed by atoms with E-state index in [1.165, 1.54) is 15.3 Å². The van der Waals surface area contributed by atoms with Gasteiger partial charge in [0.1, 0.15) is 0 Å². The lowest BCUT2D eigenvalue weighted by atomic mass is 9.94. The smallest absolute Gasteiger partial charge is 0.236 e. The van der Waals surface area contributed by atoms with Gasteiger partial charge < -0.3 is 4.90 Å². The van der Waals surface area contributed by atoms with E-state index in [0.29, 0.717) is 25.9 Å². The highest BCUT2D eigenvalue weighted by atomic mass is 32.2. The zero-order valence-corrected chi connectivity index (χ0v) is 17.2. The van der Waals surface area contributed by atoms with E-state index in [4.69, 9.17) is 0 Å². The summed E-state index contributed by atoms with van der Waals surface area (Å²) < 4.78 is 26.8. The minimum atomic E-state index is -3.48. The second kappa shape index (κ2) is 8.51. The lowest BCUT2D eigenvalue weighted by Gasteiger charge is -2.35. The Kier molecular flexibility index (Phi) is 5.83. The van der Waals surface area contributed by atoms with Gasteiger partial charge in [0.2, 0.25) is 15.9 Å². The second-order valence-corrected chi connectivity index (χ2v) is 9.47. The van der Waals surface area contributed by atoms with E-state index in [1.807, 2.05) is 53.4 Å². The van der Waals surface area contributed by atoms with Gasteiger partial charge in [0.25, 0.3) is 0 Å². The van der Waals surface area contributed by atoms with Crippen LogP contribution in [-0.2, 0) is 21.2 Å². The molecule has 1 amide bonds. The molecule has 0 bridgehead atoms. The van der Waals surface area contributed by atoms with Crippen molar-refractivity contribution in [2.45, 2.75) is 25.7 Å². The molecule has 0 N–H and O–H groups in total. The molecule has 2 aliphatic heterocycles. The molecule has 4 rings (SSSR count). The van der Waals surface area contributed by atoms with Crippen molar-refractivity contribution in [3.8, 4) is 0 Å². The number of carbonyl (C=O) groups is 1. The Morgan fingerprint density at radius 3 is 2.38 bits per heavy atom. The molecule has 2 heterocycles. The van der Waals surface area contributed by atoms with Gasteiger partial charge >= 0.3 is 0 Å². The van der Waals surface area contributed by atoms with E-state index in [1.54, 1.807) is 6.08 Å². The molecule has 1 fully saturated rings. The van der Waals surface area contributed by atoms with Gasteiger partial charge in [-0.3, -0.25) is 4.79 Å². The first kappa shape index (κ1) is 19.9. The van der Waals surface area contributed by atoms with E-state index in [2.05, 4.69) is 6.07 Å². The van der Waals surface area contributed by atoms with Crippen LogP contribution in [0.15, 0.2) is 60.0 Å². The molecular formula is C23H26N2O3S. The quantitative estimate of drug-likeness (QED) is 0.773. The fourth-order valence-corrected chi connectivity index (χ4v) is 5.38. The standard InChI is InChI=1S/C23H26N2O3S/c26-23(25-15-6-10-20-9-4-5-11-22(20)25)21-12-16-24(17-13-21)29(27,28)18-14-19-7-2-1-3-8-19/h1-5,7-9,11,14,18,21H,6,10,12-13,15-17H2/b18-14+. The highest BCUT2D eigenvalue weighted by Crippen LogP contribution is 2.30. The average Bonchev–Trinajstić information content (AvgIpc) is 2.78. The number of amides is 1. The topological polar surface area (TPSA) is 57.7 Å². The van der Waals surface area contributed by atoms with Crippen molar-refractivity contribution >= 4 is 27.7 Å². The van der Waals surface area contributed by atoms with E-state index in [0.717, 1.165) is 30.6 Å². The maximum atomic E-state index is 13.1. The number of sulfonamides is 1. The van der Waals surface area contributed by atoms with Crippen LogP contribution in [0.1, 0.15) is 30.4 Å². The predicted molar refractivity (Wildman–Crippen MR) is 116 cm³/mol. The molecule has 0 radical (unpaired) electrons. The zero-order valence-electron chi connectivity index (χ0n) is 16.4. The maximum absolute atomic E-state index is 13.1. The van der Waals surface area contributed by atoms with Crippen LogP contribution in [-0.4, -0.2) is 38.3 Å². The number of nitrogens with zero attached hydrogens (tertiary/aromatic N) is 2. The summed E-state index contributed by atoms with van der Waals surface area (Å²) >= 11 is 0. The van der Waals surface area contributed by atoms with Crippen molar-refractivity contribution in [2.24, 2.45) is 5.92 Å². The Labute approximate surface area is 172 Å². The molecule has 0 spiro atoms. The predicted octanol–water partition coefficient (Wildman–Crippen LogP) is 3.68. The fourth-order valence-electron chi connectivity index (χ4n) is 4.15. The number of carbonyl (C=O) groups excluding carboxylic acids is 1. The number of hydrogen-bond donors (Lipinski definition) is 0. The zero-order chi connectivity index (χ0) is 20.3. The molecule has 0 aromatic heterocycles. The molecule has 2 aromatic carbocycles. The van der Waals surface area contributed by atoms with Crippen LogP contribution in [0.4, 0.5) is 5.69 Å². The molecule has 0 atom stereocenters. The lowest BCUT2D eigenvalue weighted by molar-refractivity contribution is -0.123. The van der Waals surface area contributed by atoms with Gasteiger partial charge in [0.05, 0.1) is 0 Å². The van der Waals surface area contributed by atoms with Crippen molar-refractivity contribution in [2.75, 3.05) is 24.5 Å². The van der Waals surface area contributed by atoms with Gasteiger partial charge in [-0.1, -0.05) is 48.5 Å². The number of para-hydroxylation sites is 1. The van der Waals surface area contributed by atoms with E-state index >= 15 is 0 Å². The van der Waals surface area contributed by atoms with Gasteiger partial charge in [-0.05, 0) is 49.0 Å². The SMILES string of the molecule is O=C(C1CCN(S(=O)(=O)/C=C/c2ccccc2)CC1)N1CCCc2ccccc21. The summed E-state index contributed by atoms with van der Waals surface area (Å²) in [6, 6.07) is 17.5. The van der Waals surface area contributed by atoms with E-state index in [-0.39, 0.29) is 11.8 Å². The van der Waals surface area contributed by atoms with Crippen molar-refractivity contribution in [3.63, 3.8) is 0 Å². The van der Waals surface area contributed by atoms with Crippen molar-refractivity contribution in [1.82, 2.24) is 4.31 Å². The second-order valence-electron chi connectivity index (χ2n) is 7.65. The minimum absolute atomic E-state index is 0.120. The third-order valence-corrected chi connectivity index (χ3v) is 7.34. The number of anilines is 1. The number of aryl methyl sites for hydroxylation is 1. The van der Waals surface area contributed by atoms with Crippen LogP contribution < -0.4 is 4.90 Å². The fraction of sp³-hybridized carbons (Fsp3) is 0.348. The normalized spacial score (nSPS) is 18.7. The number of benzene rings is 2. The molecule has 6 heteroatoms. The molecule has 0 aliphatic carbocycles. The Morgan fingerprint density at radius 2 is 1.62 bits per heavy atom. The summed E-state index contributed by atoms with van der Waals surface area (Å²) in [5, 5.41) is 1.27. The number of piperidine rings is 1. The van der Waals surface area contributed by atoms with Crippen molar-refractivity contribution in [1.29, 1.82) is 0 Å².